The Balaban J connectivity index is 1.48. The number of hydrogen-bond donors (Lipinski definition) is 3. The van der Waals surface area contributed by atoms with Gasteiger partial charge in [0.05, 0.1) is 18.6 Å². The van der Waals surface area contributed by atoms with Crippen LogP contribution in [0.25, 0.3) is 0 Å². The van der Waals surface area contributed by atoms with Crippen LogP contribution in [0.15, 0.2) is 30.7 Å². The number of imidazole rings is 1. The number of carbonyl (C=O) groups excluding carboxylic acids is 3. The Kier molecular flexibility index (Phi) is 10.3. The molecule has 10 heteroatoms. The molecule has 8 nitrogen and oxygen atoms in total. The molecule has 2 aromatic rings. The first-order valence-corrected chi connectivity index (χ1v) is 14.9. The highest BCUT2D eigenvalue weighted by atomic mass is 35.5. The molecule has 1 saturated carbocycles. The molecule has 0 unspecified atom stereocenters. The molecule has 1 aromatic heterocycles. The van der Waals surface area contributed by atoms with Crippen LogP contribution < -0.4 is 10.6 Å². The standard InChI is InChI=1S/C29H39Cl2N5O3/c1-2-6-26(37)29(21-7-4-3-5-8-21)11-13-36(14-12-29)27(38)25(15-20-9-10-22(30)16-24(20)31)35-28(39)33-18-23-17-32-19-34-23/h9-10,16-17,19,21,25H,2-8,11-15,18H2,1H3,(H,32,34)(H2,33,35,39)/t25-/m1/s1. The molecule has 3 amide bonds. The lowest BCUT2D eigenvalue weighted by Gasteiger charge is -2.47. The molecule has 3 N–H and O–H groups in total. The molecule has 0 bridgehead atoms. The van der Waals surface area contributed by atoms with Crippen molar-refractivity contribution in [3.8, 4) is 0 Å². The van der Waals surface area contributed by atoms with Crippen molar-refractivity contribution in [3.05, 3.63) is 52.0 Å². The average molecular weight is 577 g/mol. The zero-order valence-corrected chi connectivity index (χ0v) is 24.1. The number of nitrogens with one attached hydrogen (secondary N) is 3. The fourth-order valence-electron chi connectivity index (χ4n) is 6.27. The fourth-order valence-corrected chi connectivity index (χ4v) is 6.75. The number of carbonyl (C=O) groups is 3. The molecule has 0 spiro atoms. The van der Waals surface area contributed by atoms with Crippen LogP contribution in [0.2, 0.25) is 10.0 Å². The first kappa shape index (κ1) is 29.4. The summed E-state index contributed by atoms with van der Waals surface area (Å²) in [5.41, 5.74) is 1.07. The van der Waals surface area contributed by atoms with Crippen LogP contribution in [0.3, 0.4) is 0 Å². The lowest BCUT2D eigenvalue weighted by molar-refractivity contribution is -0.144. The van der Waals surface area contributed by atoms with Gasteiger partial charge in [-0.3, -0.25) is 9.59 Å². The van der Waals surface area contributed by atoms with E-state index in [9.17, 15) is 14.4 Å². The molecule has 1 aromatic carbocycles. The van der Waals surface area contributed by atoms with Gasteiger partial charge in [0.1, 0.15) is 11.8 Å². The molecule has 1 aliphatic heterocycles. The van der Waals surface area contributed by atoms with Crippen molar-refractivity contribution in [1.82, 2.24) is 25.5 Å². The topological polar surface area (TPSA) is 107 Å². The number of piperidine rings is 1. The number of halogens is 2. The van der Waals surface area contributed by atoms with Crippen molar-refractivity contribution in [3.63, 3.8) is 0 Å². The molecule has 1 atom stereocenters. The van der Waals surface area contributed by atoms with Crippen LogP contribution in [-0.4, -0.2) is 51.7 Å². The Morgan fingerprint density at radius 1 is 1.15 bits per heavy atom. The Morgan fingerprint density at radius 2 is 1.90 bits per heavy atom. The van der Waals surface area contributed by atoms with Gasteiger partial charge in [-0.25, -0.2) is 9.78 Å². The molecular formula is C29H39Cl2N5O3. The summed E-state index contributed by atoms with van der Waals surface area (Å²) in [5, 5.41) is 6.57. The van der Waals surface area contributed by atoms with Crippen LogP contribution in [-0.2, 0) is 22.6 Å². The number of amides is 3. The quantitative estimate of drug-likeness (QED) is 0.338. The van der Waals surface area contributed by atoms with E-state index in [0.29, 0.717) is 59.8 Å². The highest BCUT2D eigenvalue weighted by Crippen LogP contribution is 2.47. The number of aromatic amines is 1. The minimum absolute atomic E-state index is 0.170. The zero-order valence-electron chi connectivity index (χ0n) is 22.6. The van der Waals surface area contributed by atoms with E-state index in [1.807, 2.05) is 4.90 Å². The smallest absolute Gasteiger partial charge is 0.315 e. The number of nitrogens with zero attached hydrogens (tertiary/aromatic N) is 2. The van der Waals surface area contributed by atoms with Gasteiger partial charge in [-0.1, -0.05) is 55.5 Å². The summed E-state index contributed by atoms with van der Waals surface area (Å²) in [6.45, 7) is 3.30. The van der Waals surface area contributed by atoms with E-state index in [1.165, 1.54) is 19.3 Å². The summed E-state index contributed by atoms with van der Waals surface area (Å²) in [4.78, 5) is 48.9. The summed E-state index contributed by atoms with van der Waals surface area (Å²) in [7, 11) is 0. The molecule has 0 radical (unpaired) electrons. The third kappa shape index (κ3) is 7.34. The van der Waals surface area contributed by atoms with Gasteiger partial charge >= 0.3 is 6.03 Å². The lowest BCUT2D eigenvalue weighted by atomic mass is 9.61. The summed E-state index contributed by atoms with van der Waals surface area (Å²) in [5.74, 6) is 0.595. The van der Waals surface area contributed by atoms with Crippen molar-refractivity contribution in [2.45, 2.75) is 83.7 Å². The predicted molar refractivity (Wildman–Crippen MR) is 153 cm³/mol. The second-order valence-corrected chi connectivity index (χ2v) is 11.7. The summed E-state index contributed by atoms with van der Waals surface area (Å²) >= 11 is 12.5. The number of urea groups is 1. The molecule has 39 heavy (non-hydrogen) atoms. The Morgan fingerprint density at radius 3 is 2.54 bits per heavy atom. The Labute approximate surface area is 240 Å². The highest BCUT2D eigenvalue weighted by molar-refractivity contribution is 6.35. The fraction of sp³-hybridized carbons (Fsp3) is 0.586. The van der Waals surface area contributed by atoms with Gasteiger partial charge in [0.15, 0.2) is 0 Å². The van der Waals surface area contributed by atoms with E-state index in [0.717, 1.165) is 24.8 Å². The van der Waals surface area contributed by atoms with E-state index in [1.54, 1.807) is 30.7 Å². The number of benzene rings is 1. The second-order valence-electron chi connectivity index (χ2n) is 10.9. The number of likely N-dealkylation sites (tertiary alicyclic amines) is 1. The number of hydrogen-bond acceptors (Lipinski definition) is 4. The zero-order chi connectivity index (χ0) is 27.8. The van der Waals surface area contributed by atoms with E-state index < -0.39 is 12.1 Å². The maximum absolute atomic E-state index is 13.8. The normalized spacial score (nSPS) is 18.4. The molecule has 4 rings (SSSR count). The summed E-state index contributed by atoms with van der Waals surface area (Å²) < 4.78 is 0. The van der Waals surface area contributed by atoms with Crippen LogP contribution >= 0.6 is 23.2 Å². The second kappa shape index (κ2) is 13.7. The van der Waals surface area contributed by atoms with Gasteiger partial charge in [0.2, 0.25) is 5.91 Å². The molecule has 212 valence electrons. The van der Waals surface area contributed by atoms with E-state index in [-0.39, 0.29) is 24.3 Å². The predicted octanol–water partition coefficient (Wildman–Crippen LogP) is 5.69. The number of Topliss-reactive ketones (excluding diaryl/α,β-unsaturated/α-hetero) is 1. The number of aromatic nitrogens is 2. The Bertz CT molecular complexity index is 1130. The van der Waals surface area contributed by atoms with Gasteiger partial charge in [-0.15, -0.1) is 0 Å². The Hall–Kier alpha value is -2.58. The maximum Gasteiger partial charge on any atom is 0.315 e. The van der Waals surface area contributed by atoms with Gasteiger partial charge in [-0.2, -0.15) is 0 Å². The van der Waals surface area contributed by atoms with Crippen molar-refractivity contribution < 1.29 is 14.4 Å². The van der Waals surface area contributed by atoms with Gasteiger partial charge in [0.25, 0.3) is 0 Å². The van der Waals surface area contributed by atoms with E-state index in [2.05, 4.69) is 27.5 Å². The van der Waals surface area contributed by atoms with Gasteiger partial charge in [-0.05, 0) is 55.7 Å². The van der Waals surface area contributed by atoms with Crippen molar-refractivity contribution in [2.75, 3.05) is 13.1 Å². The molecule has 1 saturated heterocycles. The minimum Gasteiger partial charge on any atom is -0.351 e. The maximum atomic E-state index is 13.8. The SMILES string of the molecule is CCCC(=O)C1(C2CCCCC2)CCN(C(=O)[C@@H](Cc2ccc(Cl)cc2Cl)NC(=O)NCc2c[nH]cn2)CC1. The third-order valence-corrected chi connectivity index (χ3v) is 9.00. The van der Waals surface area contributed by atoms with Crippen LogP contribution in [0.1, 0.15) is 76.0 Å². The van der Waals surface area contributed by atoms with Crippen molar-refractivity contribution in [1.29, 1.82) is 0 Å². The summed E-state index contributed by atoms with van der Waals surface area (Å²) in [6, 6.07) is 3.85. The van der Waals surface area contributed by atoms with Crippen LogP contribution in [0.4, 0.5) is 4.79 Å². The number of ketones is 1. The van der Waals surface area contributed by atoms with Gasteiger partial charge in [0, 0.05) is 47.6 Å². The van der Waals surface area contributed by atoms with Crippen molar-refractivity contribution >= 4 is 40.9 Å². The first-order chi connectivity index (χ1) is 18.8. The van der Waals surface area contributed by atoms with Crippen LogP contribution in [0.5, 0.6) is 0 Å². The number of H-pyrrole nitrogens is 1. The molecule has 1 aliphatic carbocycles. The molecule has 2 aliphatic rings. The average Bonchev–Trinajstić information content (AvgIpc) is 3.47. The van der Waals surface area contributed by atoms with Crippen molar-refractivity contribution in [2.24, 2.45) is 11.3 Å². The first-order valence-electron chi connectivity index (χ1n) is 14.1. The molecule has 2 fully saturated rings. The number of rotatable bonds is 10. The third-order valence-electron chi connectivity index (χ3n) is 8.41. The monoisotopic (exact) mass is 575 g/mol. The molecular weight excluding hydrogens is 537 g/mol. The molecule has 2 heterocycles. The van der Waals surface area contributed by atoms with E-state index >= 15 is 0 Å². The van der Waals surface area contributed by atoms with E-state index in [4.69, 9.17) is 23.2 Å². The lowest BCUT2D eigenvalue weighted by Crippen LogP contribution is -2.56. The summed E-state index contributed by atoms with van der Waals surface area (Å²) in [6.07, 6.45) is 12.1. The minimum atomic E-state index is -0.823. The van der Waals surface area contributed by atoms with Crippen LogP contribution in [0, 0.1) is 11.3 Å². The van der Waals surface area contributed by atoms with Gasteiger partial charge < -0.3 is 20.5 Å². The largest absolute Gasteiger partial charge is 0.351 e. The highest BCUT2D eigenvalue weighted by Gasteiger charge is 2.47.